The molecule has 1 aliphatic rings. The zero-order chi connectivity index (χ0) is 14.9. The number of hydrogen-bond acceptors (Lipinski definition) is 6. The van der Waals surface area contributed by atoms with E-state index in [2.05, 4.69) is 15.5 Å². The van der Waals surface area contributed by atoms with Gasteiger partial charge in [-0.05, 0) is 18.6 Å². The first kappa shape index (κ1) is 14.0. The fourth-order valence-electron chi connectivity index (χ4n) is 2.34. The van der Waals surface area contributed by atoms with E-state index < -0.39 is 10.0 Å². The minimum Gasteiger partial charge on any atom is -0.408 e. The van der Waals surface area contributed by atoms with Crippen LogP contribution < -0.4 is 5.32 Å². The van der Waals surface area contributed by atoms with Crippen LogP contribution in [0, 0.1) is 6.92 Å². The lowest BCUT2D eigenvalue weighted by atomic mass is 10.3. The van der Waals surface area contributed by atoms with Crippen LogP contribution in [0.3, 0.4) is 0 Å². The molecule has 1 saturated heterocycles. The normalized spacial score (nSPS) is 19.8. The number of nitrogens with zero attached hydrogens (tertiary/aromatic N) is 3. The van der Waals surface area contributed by atoms with Gasteiger partial charge in [-0.2, -0.15) is 4.31 Å². The number of aromatic nitrogens is 2. The summed E-state index contributed by atoms with van der Waals surface area (Å²) in [5.74, 6) is 0.476. The van der Waals surface area contributed by atoms with Crippen molar-refractivity contribution >= 4 is 16.0 Å². The molecule has 1 aliphatic heterocycles. The lowest BCUT2D eigenvalue weighted by molar-refractivity contribution is 0.471. The summed E-state index contributed by atoms with van der Waals surface area (Å²) in [4.78, 5) is 0.319. The third kappa shape index (κ3) is 2.91. The molecule has 21 heavy (non-hydrogen) atoms. The van der Waals surface area contributed by atoms with Crippen LogP contribution in [0.25, 0.3) is 0 Å². The second-order valence-corrected chi connectivity index (χ2v) is 6.87. The Morgan fingerprint density at radius 2 is 2.05 bits per heavy atom. The van der Waals surface area contributed by atoms with E-state index in [9.17, 15) is 8.42 Å². The topological polar surface area (TPSA) is 88.3 Å². The predicted octanol–water partition coefficient (Wildman–Crippen LogP) is 1.25. The zero-order valence-corrected chi connectivity index (χ0v) is 12.4. The summed E-state index contributed by atoms with van der Waals surface area (Å²) in [6.45, 7) is 2.57. The average molecular weight is 308 g/mol. The first-order valence-electron chi connectivity index (χ1n) is 6.67. The highest BCUT2D eigenvalue weighted by Crippen LogP contribution is 2.22. The van der Waals surface area contributed by atoms with Crippen molar-refractivity contribution in [2.24, 2.45) is 0 Å². The molecule has 0 amide bonds. The molecule has 0 saturated carbocycles. The number of hydrogen-bond donors (Lipinski definition) is 1. The van der Waals surface area contributed by atoms with Crippen LogP contribution in [0.5, 0.6) is 0 Å². The van der Waals surface area contributed by atoms with E-state index in [0.29, 0.717) is 36.3 Å². The zero-order valence-electron chi connectivity index (χ0n) is 11.6. The highest BCUT2D eigenvalue weighted by atomic mass is 32.2. The first-order chi connectivity index (χ1) is 10.1. The number of nitrogens with one attached hydrogen (secondary N) is 1. The van der Waals surface area contributed by atoms with Crippen LogP contribution in [-0.2, 0) is 10.0 Å². The molecule has 2 aromatic rings. The lowest BCUT2D eigenvalue weighted by Gasteiger charge is -2.16. The minimum absolute atomic E-state index is 0.0247. The Kier molecular flexibility index (Phi) is 3.64. The predicted molar refractivity (Wildman–Crippen MR) is 76.3 cm³/mol. The summed E-state index contributed by atoms with van der Waals surface area (Å²) in [5.41, 5.74) is 0. The number of aryl methyl sites for hydroxylation is 1. The van der Waals surface area contributed by atoms with E-state index in [4.69, 9.17) is 4.42 Å². The van der Waals surface area contributed by atoms with Crippen LogP contribution in [-0.4, -0.2) is 42.1 Å². The van der Waals surface area contributed by atoms with E-state index >= 15 is 0 Å². The van der Waals surface area contributed by atoms with Gasteiger partial charge in [0.1, 0.15) is 0 Å². The van der Waals surface area contributed by atoms with Crippen molar-refractivity contribution in [1.29, 1.82) is 0 Å². The molecule has 0 unspecified atom stereocenters. The molecule has 3 rings (SSSR count). The molecule has 1 aromatic carbocycles. The average Bonchev–Trinajstić information content (AvgIpc) is 3.10. The Morgan fingerprint density at radius 1 is 1.29 bits per heavy atom. The van der Waals surface area contributed by atoms with Crippen LogP contribution in [0.15, 0.2) is 39.6 Å². The second kappa shape index (κ2) is 5.45. The highest BCUT2D eigenvalue weighted by Gasteiger charge is 2.32. The van der Waals surface area contributed by atoms with Crippen molar-refractivity contribution in [3.05, 3.63) is 36.2 Å². The molecule has 112 valence electrons. The molecule has 2 heterocycles. The van der Waals surface area contributed by atoms with Crippen molar-refractivity contribution in [3.63, 3.8) is 0 Å². The van der Waals surface area contributed by atoms with E-state index in [0.717, 1.165) is 0 Å². The first-order valence-corrected chi connectivity index (χ1v) is 8.11. The molecule has 1 fully saturated rings. The third-order valence-corrected chi connectivity index (χ3v) is 5.26. The molecule has 1 atom stereocenters. The summed E-state index contributed by atoms with van der Waals surface area (Å²) < 4.78 is 31.7. The van der Waals surface area contributed by atoms with Gasteiger partial charge >= 0.3 is 6.01 Å². The maximum absolute atomic E-state index is 12.5. The van der Waals surface area contributed by atoms with Crippen molar-refractivity contribution in [3.8, 4) is 0 Å². The van der Waals surface area contributed by atoms with Crippen LogP contribution in [0.4, 0.5) is 6.01 Å². The Morgan fingerprint density at radius 3 is 2.71 bits per heavy atom. The molecular weight excluding hydrogens is 292 g/mol. The molecule has 0 spiro atoms. The van der Waals surface area contributed by atoms with Gasteiger partial charge in [-0.1, -0.05) is 23.3 Å². The van der Waals surface area contributed by atoms with Crippen LogP contribution in [0.2, 0.25) is 0 Å². The molecule has 0 radical (unpaired) electrons. The standard InChI is InChI=1S/C13H16N4O3S/c1-10-15-16-13(20-10)14-11-7-8-17(9-11)21(18,19)12-5-3-2-4-6-12/h2-6,11H,7-9H2,1H3,(H,14,16)/t11-/m0/s1. The number of rotatable bonds is 4. The van der Waals surface area contributed by atoms with Crippen LogP contribution in [0.1, 0.15) is 12.3 Å². The highest BCUT2D eigenvalue weighted by molar-refractivity contribution is 7.89. The van der Waals surface area contributed by atoms with Gasteiger partial charge in [0, 0.05) is 26.1 Å². The quantitative estimate of drug-likeness (QED) is 0.914. The molecule has 7 nitrogen and oxygen atoms in total. The van der Waals surface area contributed by atoms with Crippen LogP contribution >= 0.6 is 0 Å². The minimum atomic E-state index is -3.43. The van der Waals surface area contributed by atoms with Gasteiger partial charge in [0.05, 0.1) is 4.90 Å². The lowest BCUT2D eigenvalue weighted by Crippen LogP contribution is -2.31. The Hall–Kier alpha value is -1.93. The fraction of sp³-hybridized carbons (Fsp3) is 0.385. The summed E-state index contributed by atoms with van der Waals surface area (Å²) in [7, 11) is -3.43. The molecule has 0 bridgehead atoms. The molecule has 0 aliphatic carbocycles. The largest absolute Gasteiger partial charge is 0.408 e. The molecular formula is C13H16N4O3S. The van der Waals surface area contributed by atoms with Gasteiger partial charge in [-0.15, -0.1) is 5.10 Å². The number of sulfonamides is 1. The van der Waals surface area contributed by atoms with Gasteiger partial charge < -0.3 is 9.73 Å². The van der Waals surface area contributed by atoms with Crippen molar-refractivity contribution < 1.29 is 12.8 Å². The smallest absolute Gasteiger partial charge is 0.315 e. The fourth-order valence-corrected chi connectivity index (χ4v) is 3.86. The SMILES string of the molecule is Cc1nnc(N[C@H]2CCN(S(=O)(=O)c3ccccc3)C2)o1. The molecule has 1 aromatic heterocycles. The number of anilines is 1. The molecule has 1 N–H and O–H groups in total. The molecule has 8 heteroatoms. The summed E-state index contributed by atoms with van der Waals surface area (Å²) in [5, 5.41) is 10.7. The van der Waals surface area contributed by atoms with Gasteiger partial charge in [-0.3, -0.25) is 0 Å². The van der Waals surface area contributed by atoms with E-state index in [-0.39, 0.29) is 6.04 Å². The van der Waals surface area contributed by atoms with E-state index in [1.54, 1.807) is 37.3 Å². The van der Waals surface area contributed by atoms with E-state index in [1.807, 2.05) is 0 Å². The summed E-state index contributed by atoms with van der Waals surface area (Å²) >= 11 is 0. The number of benzene rings is 1. The van der Waals surface area contributed by atoms with Crippen molar-refractivity contribution in [2.75, 3.05) is 18.4 Å². The Balaban J connectivity index is 1.69. The monoisotopic (exact) mass is 308 g/mol. The summed E-state index contributed by atoms with van der Waals surface area (Å²) in [6.07, 6.45) is 0.702. The van der Waals surface area contributed by atoms with Gasteiger partial charge in [-0.25, -0.2) is 8.42 Å². The van der Waals surface area contributed by atoms with Gasteiger partial charge in [0.2, 0.25) is 15.9 Å². The summed E-state index contributed by atoms with van der Waals surface area (Å²) in [6, 6.07) is 8.76. The van der Waals surface area contributed by atoms with Crippen molar-refractivity contribution in [1.82, 2.24) is 14.5 Å². The van der Waals surface area contributed by atoms with Gasteiger partial charge in [0.15, 0.2) is 0 Å². The maximum Gasteiger partial charge on any atom is 0.315 e. The van der Waals surface area contributed by atoms with Crippen molar-refractivity contribution in [2.45, 2.75) is 24.3 Å². The third-order valence-electron chi connectivity index (χ3n) is 3.39. The van der Waals surface area contributed by atoms with Gasteiger partial charge in [0.25, 0.3) is 0 Å². The Labute approximate surface area is 123 Å². The second-order valence-electron chi connectivity index (χ2n) is 4.93. The van der Waals surface area contributed by atoms with E-state index in [1.165, 1.54) is 4.31 Å². The Bertz CT molecular complexity index is 714. The maximum atomic E-state index is 12.5.